The molecule has 7 nitrogen and oxygen atoms in total. The van der Waals surface area contributed by atoms with Gasteiger partial charge < -0.3 is 18.9 Å². The molecule has 0 aliphatic carbocycles. The number of nitrogens with one attached hydrogen (secondary N) is 1. The number of nitrogens with zero attached hydrogens (tertiary/aromatic N) is 1. The first-order valence-corrected chi connectivity index (χ1v) is 13.8. The van der Waals surface area contributed by atoms with Crippen LogP contribution in [0.3, 0.4) is 0 Å². The SMILES string of the molecule is CCOc1cc(/C=N/NC(=O)c2ccc(OCc3ccccc3)c(OCC)c2)ccc1OCc1ccc(Br)cc1. The van der Waals surface area contributed by atoms with Crippen molar-refractivity contribution in [3.8, 4) is 23.0 Å². The molecule has 8 heteroatoms. The molecule has 4 aromatic rings. The lowest BCUT2D eigenvalue weighted by Crippen LogP contribution is -2.17. The molecule has 206 valence electrons. The summed E-state index contributed by atoms with van der Waals surface area (Å²) in [5.74, 6) is 1.92. The van der Waals surface area contributed by atoms with Crippen LogP contribution in [0.15, 0.2) is 101 Å². The van der Waals surface area contributed by atoms with E-state index in [2.05, 4.69) is 26.5 Å². The molecule has 0 saturated carbocycles. The number of hydrazone groups is 1. The summed E-state index contributed by atoms with van der Waals surface area (Å²) in [5.41, 5.74) is 5.80. The maximum absolute atomic E-state index is 12.8. The van der Waals surface area contributed by atoms with Crippen LogP contribution in [-0.4, -0.2) is 25.3 Å². The predicted molar refractivity (Wildman–Crippen MR) is 160 cm³/mol. The van der Waals surface area contributed by atoms with Crippen LogP contribution in [0.1, 0.15) is 40.9 Å². The van der Waals surface area contributed by atoms with Crippen molar-refractivity contribution >= 4 is 28.1 Å². The minimum atomic E-state index is -0.369. The summed E-state index contributed by atoms with van der Waals surface area (Å²) in [7, 11) is 0. The third-order valence-corrected chi connectivity index (χ3v) is 6.23. The van der Waals surface area contributed by atoms with Crippen LogP contribution in [0.2, 0.25) is 0 Å². The standard InChI is InChI=1S/C32H31BrN2O5/c1-3-37-30-18-25(12-16-28(30)40-22-24-10-14-27(33)15-11-24)20-34-35-32(36)26-13-17-29(31(19-26)38-4-2)39-21-23-8-6-5-7-9-23/h5-20H,3-4,21-22H2,1-2H3,(H,35,36)/b34-20+. The van der Waals surface area contributed by atoms with Crippen LogP contribution in [0.5, 0.6) is 23.0 Å². The smallest absolute Gasteiger partial charge is 0.271 e. The zero-order chi connectivity index (χ0) is 28.2. The predicted octanol–water partition coefficient (Wildman–Crippen LogP) is 7.17. The van der Waals surface area contributed by atoms with E-state index in [-0.39, 0.29) is 5.91 Å². The fourth-order valence-electron chi connectivity index (χ4n) is 3.74. The monoisotopic (exact) mass is 602 g/mol. The Morgan fingerprint density at radius 1 is 0.725 bits per heavy atom. The first-order chi connectivity index (χ1) is 19.6. The van der Waals surface area contributed by atoms with Crippen LogP contribution in [0, 0.1) is 0 Å². The van der Waals surface area contributed by atoms with E-state index in [1.165, 1.54) is 0 Å². The molecular weight excluding hydrogens is 572 g/mol. The van der Waals surface area contributed by atoms with E-state index in [4.69, 9.17) is 18.9 Å². The topological polar surface area (TPSA) is 78.4 Å². The van der Waals surface area contributed by atoms with Crippen molar-refractivity contribution in [3.05, 3.63) is 118 Å². The number of carbonyl (C=O) groups is 1. The van der Waals surface area contributed by atoms with Crippen LogP contribution in [0.4, 0.5) is 0 Å². The molecule has 0 fully saturated rings. The second-order valence-corrected chi connectivity index (χ2v) is 9.54. The maximum Gasteiger partial charge on any atom is 0.271 e. The second-order valence-electron chi connectivity index (χ2n) is 8.62. The first kappa shape index (κ1) is 28.7. The zero-order valence-corrected chi connectivity index (χ0v) is 24.0. The highest BCUT2D eigenvalue weighted by atomic mass is 79.9. The Balaban J connectivity index is 1.38. The highest BCUT2D eigenvalue weighted by molar-refractivity contribution is 9.10. The highest BCUT2D eigenvalue weighted by Gasteiger charge is 2.12. The molecule has 40 heavy (non-hydrogen) atoms. The van der Waals surface area contributed by atoms with E-state index in [1.54, 1.807) is 24.4 Å². The highest BCUT2D eigenvalue weighted by Crippen LogP contribution is 2.30. The zero-order valence-electron chi connectivity index (χ0n) is 22.4. The van der Waals surface area contributed by atoms with Gasteiger partial charge in [-0.15, -0.1) is 0 Å². The number of carbonyl (C=O) groups excluding carboxylic acids is 1. The van der Waals surface area contributed by atoms with Crippen LogP contribution in [0.25, 0.3) is 0 Å². The fraction of sp³-hybridized carbons (Fsp3) is 0.188. The first-order valence-electron chi connectivity index (χ1n) is 13.0. The van der Waals surface area contributed by atoms with Gasteiger partial charge >= 0.3 is 0 Å². The minimum Gasteiger partial charge on any atom is -0.490 e. The van der Waals surface area contributed by atoms with Gasteiger partial charge in [0.15, 0.2) is 23.0 Å². The molecule has 0 unspecified atom stereocenters. The van der Waals surface area contributed by atoms with E-state index in [0.29, 0.717) is 55.0 Å². The molecule has 0 aliphatic rings. The van der Waals surface area contributed by atoms with Gasteiger partial charge in [-0.3, -0.25) is 4.79 Å². The lowest BCUT2D eigenvalue weighted by atomic mass is 10.2. The molecule has 0 radical (unpaired) electrons. The molecule has 0 bridgehead atoms. The van der Waals surface area contributed by atoms with Crippen LogP contribution >= 0.6 is 15.9 Å². The average Bonchev–Trinajstić information content (AvgIpc) is 2.97. The molecule has 0 aliphatic heterocycles. The van der Waals surface area contributed by atoms with Crippen LogP contribution < -0.4 is 24.4 Å². The Labute approximate surface area is 242 Å². The van der Waals surface area contributed by atoms with E-state index < -0.39 is 0 Å². The van der Waals surface area contributed by atoms with Crippen molar-refractivity contribution in [3.63, 3.8) is 0 Å². The van der Waals surface area contributed by atoms with Gasteiger partial charge in [-0.2, -0.15) is 5.10 Å². The van der Waals surface area contributed by atoms with E-state index in [9.17, 15) is 4.79 Å². The molecule has 1 N–H and O–H groups in total. The molecular formula is C32H31BrN2O5. The van der Waals surface area contributed by atoms with E-state index in [1.807, 2.05) is 86.6 Å². The molecule has 0 heterocycles. The number of rotatable bonds is 13. The maximum atomic E-state index is 12.8. The lowest BCUT2D eigenvalue weighted by molar-refractivity contribution is 0.0954. The normalized spacial score (nSPS) is 10.8. The van der Waals surface area contributed by atoms with Gasteiger partial charge in [-0.1, -0.05) is 58.4 Å². The summed E-state index contributed by atoms with van der Waals surface area (Å²) in [6.45, 7) is 5.53. The Kier molecular flexibility index (Phi) is 10.6. The number of ether oxygens (including phenoxy) is 4. The quantitative estimate of drug-likeness (QED) is 0.130. The molecule has 0 saturated heterocycles. The molecule has 0 atom stereocenters. The Morgan fingerprint density at radius 2 is 1.32 bits per heavy atom. The summed E-state index contributed by atoms with van der Waals surface area (Å²) in [4.78, 5) is 12.8. The third-order valence-electron chi connectivity index (χ3n) is 5.70. The lowest BCUT2D eigenvalue weighted by Gasteiger charge is -2.13. The van der Waals surface area contributed by atoms with E-state index >= 15 is 0 Å². The number of hydrogen-bond donors (Lipinski definition) is 1. The van der Waals surface area contributed by atoms with Crippen molar-refractivity contribution in [2.75, 3.05) is 13.2 Å². The summed E-state index contributed by atoms with van der Waals surface area (Å²) in [5, 5.41) is 4.13. The molecule has 0 aromatic heterocycles. The van der Waals surface area contributed by atoms with Crippen molar-refractivity contribution in [1.29, 1.82) is 0 Å². The van der Waals surface area contributed by atoms with Crippen molar-refractivity contribution < 1.29 is 23.7 Å². The van der Waals surface area contributed by atoms with Gasteiger partial charge in [-0.25, -0.2) is 5.43 Å². The average molecular weight is 604 g/mol. The van der Waals surface area contributed by atoms with Gasteiger partial charge in [-0.05, 0) is 79.1 Å². The molecule has 4 aromatic carbocycles. The van der Waals surface area contributed by atoms with Gasteiger partial charge in [0.05, 0.1) is 19.4 Å². The van der Waals surface area contributed by atoms with Gasteiger partial charge in [0.25, 0.3) is 5.91 Å². The molecule has 0 spiro atoms. The molecule has 1 amide bonds. The Bertz CT molecular complexity index is 1430. The largest absolute Gasteiger partial charge is 0.490 e. The fourth-order valence-corrected chi connectivity index (χ4v) is 4.00. The van der Waals surface area contributed by atoms with Crippen molar-refractivity contribution in [1.82, 2.24) is 5.43 Å². The Hall–Kier alpha value is -4.30. The van der Waals surface area contributed by atoms with Gasteiger partial charge in [0, 0.05) is 10.0 Å². The van der Waals surface area contributed by atoms with Crippen LogP contribution in [-0.2, 0) is 13.2 Å². The van der Waals surface area contributed by atoms with E-state index in [0.717, 1.165) is 21.2 Å². The summed E-state index contributed by atoms with van der Waals surface area (Å²) in [6, 6.07) is 28.4. The number of amides is 1. The molecule has 4 rings (SSSR count). The number of halogens is 1. The summed E-state index contributed by atoms with van der Waals surface area (Å²) in [6.07, 6.45) is 1.56. The minimum absolute atomic E-state index is 0.369. The van der Waals surface area contributed by atoms with Gasteiger partial charge in [0.1, 0.15) is 13.2 Å². The van der Waals surface area contributed by atoms with Crippen molar-refractivity contribution in [2.45, 2.75) is 27.1 Å². The second kappa shape index (κ2) is 14.7. The third kappa shape index (κ3) is 8.35. The Morgan fingerprint density at radius 3 is 1.98 bits per heavy atom. The number of benzene rings is 4. The van der Waals surface area contributed by atoms with Crippen molar-refractivity contribution in [2.24, 2.45) is 5.10 Å². The van der Waals surface area contributed by atoms with Gasteiger partial charge in [0.2, 0.25) is 0 Å². The summed E-state index contributed by atoms with van der Waals surface area (Å²) < 4.78 is 24.4. The summed E-state index contributed by atoms with van der Waals surface area (Å²) >= 11 is 3.44. The number of hydrogen-bond acceptors (Lipinski definition) is 6.